The summed E-state index contributed by atoms with van der Waals surface area (Å²) in [4.78, 5) is 39.4. The molecule has 1 unspecified atom stereocenters. The number of aromatic nitrogens is 1. The monoisotopic (exact) mass is 332 g/mol. The fraction of sp³-hybridized carbons (Fsp3) is 0.412. The fourth-order valence-electron chi connectivity index (χ4n) is 2.24. The van der Waals surface area contributed by atoms with Gasteiger partial charge in [-0.3, -0.25) is 9.59 Å². The number of ether oxygens (including phenoxy) is 2. The van der Waals surface area contributed by atoms with Gasteiger partial charge in [-0.2, -0.15) is 0 Å². The normalized spacial score (nSPS) is 17.2. The number of fused-ring (bicyclic) bond motifs is 1. The molecule has 128 valence electrons. The zero-order valence-corrected chi connectivity index (χ0v) is 14.1. The van der Waals surface area contributed by atoms with Gasteiger partial charge in [-0.15, -0.1) is 0 Å². The Morgan fingerprint density at radius 3 is 2.71 bits per heavy atom. The maximum Gasteiger partial charge on any atom is 0.331 e. The lowest BCUT2D eigenvalue weighted by Crippen LogP contribution is -2.36. The van der Waals surface area contributed by atoms with Gasteiger partial charge in [0.1, 0.15) is 17.3 Å². The van der Waals surface area contributed by atoms with Crippen LogP contribution < -0.4 is 5.32 Å². The summed E-state index contributed by atoms with van der Waals surface area (Å²) < 4.78 is 9.82. The minimum atomic E-state index is -0.894. The number of rotatable bonds is 3. The van der Waals surface area contributed by atoms with Crippen LogP contribution in [0.25, 0.3) is 6.08 Å². The van der Waals surface area contributed by atoms with E-state index in [4.69, 9.17) is 4.74 Å². The van der Waals surface area contributed by atoms with Crippen LogP contribution in [-0.4, -0.2) is 35.5 Å². The summed E-state index contributed by atoms with van der Waals surface area (Å²) in [5.41, 5.74) is 0.809. The number of methoxy groups -OCH3 is 1. The van der Waals surface area contributed by atoms with Crippen molar-refractivity contribution >= 4 is 29.7 Å². The second kappa shape index (κ2) is 6.82. The fourth-order valence-corrected chi connectivity index (χ4v) is 2.24. The smallest absolute Gasteiger partial charge is 0.331 e. The molecule has 1 atom stereocenters. The Bertz CT molecular complexity index is 703. The first-order chi connectivity index (χ1) is 11.2. The van der Waals surface area contributed by atoms with Crippen LogP contribution in [0.1, 0.15) is 31.9 Å². The minimum Gasteiger partial charge on any atom is -0.468 e. The van der Waals surface area contributed by atoms with Crippen LogP contribution in [0, 0.1) is 5.92 Å². The molecule has 2 rings (SSSR count). The summed E-state index contributed by atoms with van der Waals surface area (Å²) in [6.45, 7) is 5.36. The number of pyridine rings is 1. The SMILES string of the molecule is COC(=O)C1Cc2cc(/C=C/C(=O)OC(C)(C)C)cnc2NC1=O. The third-order valence-corrected chi connectivity index (χ3v) is 3.27. The zero-order valence-electron chi connectivity index (χ0n) is 14.1. The molecule has 0 aromatic carbocycles. The van der Waals surface area contributed by atoms with Crippen LogP contribution in [0.5, 0.6) is 0 Å². The molecule has 1 aromatic rings. The molecular formula is C17H20N2O5. The number of esters is 2. The second-order valence-electron chi connectivity index (χ2n) is 6.41. The van der Waals surface area contributed by atoms with E-state index in [0.717, 1.165) is 0 Å². The Morgan fingerprint density at radius 1 is 1.38 bits per heavy atom. The first-order valence-corrected chi connectivity index (χ1v) is 7.48. The highest BCUT2D eigenvalue weighted by Gasteiger charge is 2.33. The maximum absolute atomic E-state index is 11.9. The molecule has 1 aromatic heterocycles. The molecule has 0 bridgehead atoms. The lowest BCUT2D eigenvalue weighted by molar-refractivity contribution is -0.149. The van der Waals surface area contributed by atoms with Gasteiger partial charge < -0.3 is 14.8 Å². The van der Waals surface area contributed by atoms with Crippen molar-refractivity contribution in [2.75, 3.05) is 12.4 Å². The Labute approximate surface area is 140 Å². The average Bonchev–Trinajstić information content (AvgIpc) is 2.50. The van der Waals surface area contributed by atoms with Crippen LogP contribution >= 0.6 is 0 Å². The van der Waals surface area contributed by atoms with E-state index < -0.39 is 29.4 Å². The van der Waals surface area contributed by atoms with Crippen molar-refractivity contribution in [2.24, 2.45) is 5.92 Å². The summed E-state index contributed by atoms with van der Waals surface area (Å²) in [5, 5.41) is 2.58. The van der Waals surface area contributed by atoms with Crippen LogP contribution in [-0.2, 0) is 30.3 Å². The van der Waals surface area contributed by atoms with Gasteiger partial charge in [-0.25, -0.2) is 9.78 Å². The Kier molecular flexibility index (Phi) is 5.02. The summed E-state index contributed by atoms with van der Waals surface area (Å²) in [6, 6.07) is 1.76. The molecule has 24 heavy (non-hydrogen) atoms. The standard InChI is InChI=1S/C17H20N2O5/c1-17(2,3)24-13(20)6-5-10-7-11-8-12(16(22)23-4)15(21)19-14(11)18-9-10/h5-7,9,12H,8H2,1-4H3,(H,18,19,21)/b6-5+. The van der Waals surface area contributed by atoms with E-state index in [-0.39, 0.29) is 6.42 Å². The molecule has 0 aliphatic carbocycles. The predicted octanol–water partition coefficient (Wildman–Crippen LogP) is 1.72. The van der Waals surface area contributed by atoms with E-state index in [0.29, 0.717) is 16.9 Å². The van der Waals surface area contributed by atoms with Crippen molar-refractivity contribution in [1.29, 1.82) is 0 Å². The van der Waals surface area contributed by atoms with Gasteiger partial charge in [-0.05, 0) is 50.5 Å². The summed E-state index contributed by atoms with van der Waals surface area (Å²) in [5.74, 6) is -1.96. The Balaban J connectivity index is 2.15. The van der Waals surface area contributed by atoms with Crippen molar-refractivity contribution in [3.05, 3.63) is 29.5 Å². The molecule has 0 saturated heterocycles. The first-order valence-electron chi connectivity index (χ1n) is 7.48. The van der Waals surface area contributed by atoms with Crippen molar-refractivity contribution in [2.45, 2.75) is 32.8 Å². The van der Waals surface area contributed by atoms with Crippen LogP contribution in [0.2, 0.25) is 0 Å². The second-order valence-corrected chi connectivity index (χ2v) is 6.41. The number of hydrogen-bond donors (Lipinski definition) is 1. The topological polar surface area (TPSA) is 94.6 Å². The van der Waals surface area contributed by atoms with Gasteiger partial charge in [0.25, 0.3) is 0 Å². The summed E-state index contributed by atoms with van der Waals surface area (Å²) >= 11 is 0. The summed E-state index contributed by atoms with van der Waals surface area (Å²) in [6.07, 6.45) is 4.62. The molecule has 7 nitrogen and oxygen atoms in total. The highest BCUT2D eigenvalue weighted by atomic mass is 16.6. The largest absolute Gasteiger partial charge is 0.468 e. The molecule has 2 heterocycles. The number of hydrogen-bond acceptors (Lipinski definition) is 6. The quantitative estimate of drug-likeness (QED) is 0.514. The van der Waals surface area contributed by atoms with Crippen molar-refractivity contribution in [3.8, 4) is 0 Å². The van der Waals surface area contributed by atoms with Gasteiger partial charge in [0, 0.05) is 12.3 Å². The maximum atomic E-state index is 11.9. The van der Waals surface area contributed by atoms with Crippen LogP contribution in [0.3, 0.4) is 0 Å². The van der Waals surface area contributed by atoms with Crippen LogP contribution in [0.15, 0.2) is 18.3 Å². The van der Waals surface area contributed by atoms with Crippen molar-refractivity contribution in [3.63, 3.8) is 0 Å². The van der Waals surface area contributed by atoms with Gasteiger partial charge in [0.05, 0.1) is 7.11 Å². The molecule has 0 fully saturated rings. The average molecular weight is 332 g/mol. The molecule has 0 saturated carbocycles. The highest BCUT2D eigenvalue weighted by Crippen LogP contribution is 2.25. The van der Waals surface area contributed by atoms with E-state index in [1.807, 2.05) is 0 Å². The molecule has 1 amide bonds. The molecule has 1 aliphatic rings. The third-order valence-electron chi connectivity index (χ3n) is 3.27. The van der Waals surface area contributed by atoms with Crippen molar-refractivity contribution in [1.82, 2.24) is 4.98 Å². The number of anilines is 1. The molecule has 0 spiro atoms. The minimum absolute atomic E-state index is 0.203. The van der Waals surface area contributed by atoms with E-state index in [1.54, 1.807) is 32.9 Å². The zero-order chi connectivity index (χ0) is 17.9. The van der Waals surface area contributed by atoms with Gasteiger partial charge in [-0.1, -0.05) is 0 Å². The number of carbonyl (C=O) groups is 3. The Morgan fingerprint density at radius 2 is 2.08 bits per heavy atom. The Hall–Kier alpha value is -2.70. The first kappa shape index (κ1) is 17.7. The highest BCUT2D eigenvalue weighted by molar-refractivity contribution is 6.06. The van der Waals surface area contributed by atoms with E-state index in [1.165, 1.54) is 19.4 Å². The van der Waals surface area contributed by atoms with Gasteiger partial charge in [0.15, 0.2) is 0 Å². The molecule has 0 radical (unpaired) electrons. The molecule has 7 heteroatoms. The number of carbonyl (C=O) groups excluding carboxylic acids is 3. The third kappa shape index (κ3) is 4.41. The molecule has 1 N–H and O–H groups in total. The summed E-state index contributed by atoms with van der Waals surface area (Å²) in [7, 11) is 1.24. The van der Waals surface area contributed by atoms with E-state index in [9.17, 15) is 14.4 Å². The number of amides is 1. The number of nitrogens with zero attached hydrogens (tertiary/aromatic N) is 1. The van der Waals surface area contributed by atoms with Crippen LogP contribution in [0.4, 0.5) is 5.82 Å². The lowest BCUT2D eigenvalue weighted by Gasteiger charge is -2.22. The van der Waals surface area contributed by atoms with Crippen molar-refractivity contribution < 1.29 is 23.9 Å². The van der Waals surface area contributed by atoms with Gasteiger partial charge >= 0.3 is 11.9 Å². The van der Waals surface area contributed by atoms with E-state index in [2.05, 4.69) is 15.0 Å². The van der Waals surface area contributed by atoms with Gasteiger partial charge in [0.2, 0.25) is 5.91 Å². The molecule has 1 aliphatic heterocycles. The molecular weight excluding hydrogens is 312 g/mol. The van der Waals surface area contributed by atoms with E-state index >= 15 is 0 Å². The number of nitrogens with one attached hydrogen (secondary N) is 1. The predicted molar refractivity (Wildman–Crippen MR) is 87.0 cm³/mol. The lowest BCUT2D eigenvalue weighted by atomic mass is 9.94.